The first-order valence-corrected chi connectivity index (χ1v) is 9.58. The van der Waals surface area contributed by atoms with Crippen molar-refractivity contribution >= 4 is 11.9 Å². The summed E-state index contributed by atoms with van der Waals surface area (Å²) in [4.78, 5) is 47.2. The van der Waals surface area contributed by atoms with Gasteiger partial charge in [0, 0.05) is 51.8 Å². The summed E-state index contributed by atoms with van der Waals surface area (Å²) in [6, 6.07) is 7.59. The van der Waals surface area contributed by atoms with Gasteiger partial charge in [0.2, 0.25) is 0 Å². The molecule has 2 aliphatic heterocycles. The van der Waals surface area contributed by atoms with Crippen LogP contribution in [-0.2, 0) is 0 Å². The molecule has 2 aromatic rings. The number of H-pyrrole nitrogens is 2. The van der Waals surface area contributed by atoms with E-state index < -0.39 is 5.69 Å². The van der Waals surface area contributed by atoms with Crippen molar-refractivity contribution < 1.29 is 14.3 Å². The standard InChI is InChI=1S/C20H25N5O4/c1-23(2)20(28)25-10-13-9-24(18(26)16-8-21-19(27)22-16)11-15(13)17(25)12-4-6-14(29-3)7-5-12/h4-8,13,15,17H,9-11H2,1-3H3,(H2,21,22,27)/t13-,15-,17+/m1/s1. The van der Waals surface area contributed by atoms with Gasteiger partial charge in [-0.25, -0.2) is 9.59 Å². The summed E-state index contributed by atoms with van der Waals surface area (Å²) >= 11 is 0. The zero-order valence-corrected chi connectivity index (χ0v) is 16.7. The summed E-state index contributed by atoms with van der Waals surface area (Å²) in [5, 5.41) is 0. The number of imidazole rings is 1. The Labute approximate surface area is 168 Å². The zero-order valence-electron chi connectivity index (χ0n) is 16.7. The number of rotatable bonds is 3. The number of hydrogen-bond donors (Lipinski definition) is 2. The molecule has 154 valence electrons. The molecule has 1 aromatic heterocycles. The first-order valence-electron chi connectivity index (χ1n) is 9.58. The third kappa shape index (κ3) is 3.37. The van der Waals surface area contributed by atoms with Gasteiger partial charge in [-0.3, -0.25) is 4.79 Å². The Kier molecular flexibility index (Phi) is 4.81. The van der Waals surface area contributed by atoms with Crippen molar-refractivity contribution in [2.75, 3.05) is 40.8 Å². The van der Waals surface area contributed by atoms with Crippen LogP contribution in [0.2, 0.25) is 0 Å². The van der Waals surface area contributed by atoms with E-state index in [1.807, 2.05) is 29.2 Å². The van der Waals surface area contributed by atoms with Gasteiger partial charge in [-0.2, -0.15) is 0 Å². The number of nitrogens with zero attached hydrogens (tertiary/aromatic N) is 3. The van der Waals surface area contributed by atoms with Crippen molar-refractivity contribution in [1.82, 2.24) is 24.7 Å². The summed E-state index contributed by atoms with van der Waals surface area (Å²) in [6.07, 6.45) is 1.40. The molecular weight excluding hydrogens is 374 g/mol. The van der Waals surface area contributed by atoms with Gasteiger partial charge in [0.1, 0.15) is 11.4 Å². The quantitative estimate of drug-likeness (QED) is 0.808. The van der Waals surface area contributed by atoms with Crippen molar-refractivity contribution in [1.29, 1.82) is 0 Å². The van der Waals surface area contributed by atoms with E-state index in [2.05, 4.69) is 9.97 Å². The van der Waals surface area contributed by atoms with Crippen molar-refractivity contribution in [3.63, 3.8) is 0 Å². The highest BCUT2D eigenvalue weighted by Gasteiger charge is 2.50. The molecule has 3 atom stereocenters. The molecule has 1 aromatic carbocycles. The minimum Gasteiger partial charge on any atom is -0.497 e. The van der Waals surface area contributed by atoms with E-state index in [0.29, 0.717) is 19.6 Å². The number of nitrogens with one attached hydrogen (secondary N) is 2. The molecule has 0 spiro atoms. The van der Waals surface area contributed by atoms with Gasteiger partial charge in [-0.15, -0.1) is 0 Å². The molecule has 2 aliphatic rings. The van der Waals surface area contributed by atoms with E-state index in [4.69, 9.17) is 4.74 Å². The Morgan fingerprint density at radius 2 is 1.86 bits per heavy atom. The van der Waals surface area contributed by atoms with Crippen LogP contribution >= 0.6 is 0 Å². The van der Waals surface area contributed by atoms with Crippen LogP contribution in [0.5, 0.6) is 5.75 Å². The van der Waals surface area contributed by atoms with Gasteiger partial charge in [0.25, 0.3) is 5.91 Å². The first kappa shape index (κ1) is 19.1. The van der Waals surface area contributed by atoms with Crippen molar-refractivity contribution in [3.8, 4) is 5.75 Å². The fourth-order valence-corrected chi connectivity index (χ4v) is 4.51. The predicted molar refractivity (Wildman–Crippen MR) is 106 cm³/mol. The van der Waals surface area contributed by atoms with Crippen molar-refractivity contribution in [2.24, 2.45) is 11.8 Å². The van der Waals surface area contributed by atoms with E-state index in [0.717, 1.165) is 11.3 Å². The highest BCUT2D eigenvalue weighted by Crippen LogP contribution is 2.45. The lowest BCUT2D eigenvalue weighted by Crippen LogP contribution is -2.42. The Morgan fingerprint density at radius 1 is 1.14 bits per heavy atom. The number of methoxy groups -OCH3 is 1. The molecule has 0 unspecified atom stereocenters. The number of urea groups is 1. The summed E-state index contributed by atoms with van der Waals surface area (Å²) in [6.45, 7) is 1.68. The van der Waals surface area contributed by atoms with E-state index in [1.54, 1.807) is 31.0 Å². The van der Waals surface area contributed by atoms with Crippen molar-refractivity contribution in [2.45, 2.75) is 6.04 Å². The van der Waals surface area contributed by atoms with Crippen LogP contribution in [0.25, 0.3) is 0 Å². The van der Waals surface area contributed by atoms with E-state index in [-0.39, 0.29) is 35.5 Å². The number of carbonyl (C=O) groups is 2. The maximum Gasteiger partial charge on any atom is 0.323 e. The van der Waals surface area contributed by atoms with Gasteiger partial charge >= 0.3 is 11.7 Å². The van der Waals surface area contributed by atoms with Crippen LogP contribution in [0.3, 0.4) is 0 Å². The summed E-state index contributed by atoms with van der Waals surface area (Å²) in [5.41, 5.74) is 0.890. The number of fused-ring (bicyclic) bond motifs is 1. The lowest BCUT2D eigenvalue weighted by Gasteiger charge is -2.31. The second kappa shape index (κ2) is 7.31. The Bertz CT molecular complexity index is 964. The molecule has 0 bridgehead atoms. The Morgan fingerprint density at radius 3 is 2.45 bits per heavy atom. The highest BCUT2D eigenvalue weighted by atomic mass is 16.5. The molecule has 2 N–H and O–H groups in total. The largest absolute Gasteiger partial charge is 0.497 e. The average molecular weight is 399 g/mol. The van der Waals surface area contributed by atoms with Crippen LogP contribution in [-0.4, -0.2) is 77.4 Å². The number of amides is 3. The Balaban J connectivity index is 1.61. The molecule has 0 aliphatic carbocycles. The molecule has 0 radical (unpaired) electrons. The molecule has 0 saturated carbocycles. The lowest BCUT2D eigenvalue weighted by atomic mass is 9.89. The van der Waals surface area contributed by atoms with Gasteiger partial charge in [0.15, 0.2) is 0 Å². The minimum atomic E-state index is -0.397. The summed E-state index contributed by atoms with van der Waals surface area (Å²) in [7, 11) is 5.12. The fourth-order valence-electron chi connectivity index (χ4n) is 4.51. The Hall–Kier alpha value is -3.23. The SMILES string of the molecule is COc1ccc([C@H]2[C@@H]3CN(C(=O)c4c[nH]c(=O)[nH]4)C[C@@H]3CN2C(=O)N(C)C)cc1. The number of benzene rings is 1. The minimum absolute atomic E-state index is 0.0342. The predicted octanol–water partition coefficient (Wildman–Crippen LogP) is 1.14. The fraction of sp³-hybridized carbons (Fsp3) is 0.450. The number of carbonyl (C=O) groups excluding carboxylic acids is 2. The molecule has 3 heterocycles. The summed E-state index contributed by atoms with van der Waals surface area (Å²) in [5.74, 6) is 0.868. The van der Waals surface area contributed by atoms with Crippen LogP contribution < -0.4 is 10.4 Å². The summed E-state index contributed by atoms with van der Waals surface area (Å²) < 4.78 is 5.26. The van der Waals surface area contributed by atoms with Gasteiger partial charge in [0.05, 0.1) is 13.2 Å². The third-order valence-corrected chi connectivity index (χ3v) is 5.86. The molecule has 9 nitrogen and oxygen atoms in total. The molecule has 9 heteroatoms. The molecule has 2 saturated heterocycles. The number of aromatic amines is 2. The van der Waals surface area contributed by atoms with Crippen LogP contribution in [0.15, 0.2) is 35.3 Å². The first-order chi connectivity index (χ1) is 13.9. The van der Waals surface area contributed by atoms with Crippen LogP contribution in [0.4, 0.5) is 4.79 Å². The number of ether oxygens (including phenoxy) is 1. The normalized spacial score (nSPS) is 23.2. The van der Waals surface area contributed by atoms with Crippen LogP contribution in [0, 0.1) is 11.8 Å². The number of likely N-dealkylation sites (tertiary alicyclic amines) is 2. The number of hydrogen-bond acceptors (Lipinski definition) is 4. The molecule has 29 heavy (non-hydrogen) atoms. The van der Waals surface area contributed by atoms with E-state index in [1.165, 1.54) is 6.20 Å². The molecule has 2 fully saturated rings. The second-order valence-corrected chi connectivity index (χ2v) is 7.84. The van der Waals surface area contributed by atoms with Crippen molar-refractivity contribution in [3.05, 3.63) is 52.2 Å². The lowest BCUT2D eigenvalue weighted by molar-refractivity contribution is 0.0761. The maximum absolute atomic E-state index is 12.8. The molecule has 3 amide bonds. The average Bonchev–Trinajstić information content (AvgIpc) is 3.40. The second-order valence-electron chi connectivity index (χ2n) is 7.84. The molecule has 4 rings (SSSR count). The van der Waals surface area contributed by atoms with Gasteiger partial charge in [-0.05, 0) is 17.7 Å². The topological polar surface area (TPSA) is 102 Å². The monoisotopic (exact) mass is 399 g/mol. The van der Waals surface area contributed by atoms with E-state index in [9.17, 15) is 14.4 Å². The highest BCUT2D eigenvalue weighted by molar-refractivity contribution is 5.92. The van der Waals surface area contributed by atoms with E-state index >= 15 is 0 Å². The smallest absolute Gasteiger partial charge is 0.323 e. The number of aromatic nitrogens is 2. The zero-order chi connectivity index (χ0) is 20.7. The third-order valence-electron chi connectivity index (χ3n) is 5.86. The van der Waals surface area contributed by atoms with Crippen LogP contribution in [0.1, 0.15) is 22.1 Å². The molecular formula is C20H25N5O4. The van der Waals surface area contributed by atoms with Gasteiger partial charge in [-0.1, -0.05) is 12.1 Å². The maximum atomic E-state index is 12.8. The van der Waals surface area contributed by atoms with Gasteiger partial charge < -0.3 is 29.4 Å².